The zero-order valence-corrected chi connectivity index (χ0v) is 5.49. The second-order valence-corrected chi connectivity index (χ2v) is 1.27. The van der Waals surface area contributed by atoms with Gasteiger partial charge in [-0.2, -0.15) is 0 Å². The third-order valence-corrected chi connectivity index (χ3v) is 0.603. The van der Waals surface area contributed by atoms with Gasteiger partial charge in [0.2, 0.25) is 0 Å². The number of allylic oxidation sites excluding steroid dienone is 2. The molecule has 0 rings (SSSR count). The number of rotatable bonds is 3. The molecule has 0 unspecified atom stereocenters. The van der Waals surface area contributed by atoms with Crippen LogP contribution in [0.1, 0.15) is 6.92 Å². The maximum Gasteiger partial charge on any atom is 0.115 e. The van der Waals surface area contributed by atoms with Crippen molar-refractivity contribution in [2.75, 3.05) is 0 Å². The Balaban J connectivity index is 3.46. The quantitative estimate of drug-likeness (QED) is 0.403. The Morgan fingerprint density at radius 1 is 1.33 bits per heavy atom. The second-order valence-electron chi connectivity index (χ2n) is 1.27. The average Bonchev–Trinajstić information content (AvgIpc) is 1.89. The first-order valence-electron chi connectivity index (χ1n) is 2.69. The minimum atomic E-state index is 1.44. The third kappa shape index (κ3) is 6.82. The summed E-state index contributed by atoms with van der Waals surface area (Å²) in [6, 6.07) is 0. The predicted octanol–water partition coefficient (Wildman–Crippen LogP) is 1.81. The summed E-state index contributed by atoms with van der Waals surface area (Å²) in [4.78, 5) is 7.43. The summed E-state index contributed by atoms with van der Waals surface area (Å²) < 4.78 is 0. The standard InChI is InChI=1S/C7H10N2/c1-3-5-6-9-7-8-4-2/h3-7H,2H2,1H3/b5-3-,8-7?,9-6?. The predicted molar refractivity (Wildman–Crippen MR) is 42.0 cm³/mol. The summed E-state index contributed by atoms with van der Waals surface area (Å²) in [7, 11) is 0. The molecule has 0 spiro atoms. The second kappa shape index (κ2) is 6.82. The van der Waals surface area contributed by atoms with E-state index in [2.05, 4.69) is 16.6 Å². The monoisotopic (exact) mass is 122 g/mol. The Morgan fingerprint density at radius 3 is 2.67 bits per heavy atom. The molecule has 0 heterocycles. The molecule has 0 amide bonds. The molecule has 0 aliphatic carbocycles. The first kappa shape index (κ1) is 7.82. The molecule has 9 heavy (non-hydrogen) atoms. The highest BCUT2D eigenvalue weighted by molar-refractivity contribution is 5.79. The maximum atomic E-state index is 3.78. The van der Waals surface area contributed by atoms with Gasteiger partial charge < -0.3 is 0 Å². The van der Waals surface area contributed by atoms with Gasteiger partial charge in [-0.1, -0.05) is 12.7 Å². The Labute approximate surface area is 55.3 Å². The summed E-state index contributed by atoms with van der Waals surface area (Å²) in [6.07, 6.45) is 8.26. The molecule has 0 aromatic carbocycles. The van der Waals surface area contributed by atoms with E-state index in [1.54, 1.807) is 6.21 Å². The van der Waals surface area contributed by atoms with E-state index in [4.69, 9.17) is 0 Å². The van der Waals surface area contributed by atoms with Crippen LogP contribution in [0, 0.1) is 0 Å². The molecule has 0 radical (unpaired) electrons. The van der Waals surface area contributed by atoms with Gasteiger partial charge in [-0.05, 0) is 13.0 Å². The van der Waals surface area contributed by atoms with Crippen molar-refractivity contribution >= 4 is 12.6 Å². The van der Waals surface area contributed by atoms with Gasteiger partial charge in [0, 0.05) is 12.4 Å². The van der Waals surface area contributed by atoms with E-state index in [1.165, 1.54) is 12.5 Å². The van der Waals surface area contributed by atoms with E-state index in [-0.39, 0.29) is 0 Å². The van der Waals surface area contributed by atoms with E-state index >= 15 is 0 Å². The van der Waals surface area contributed by atoms with Crippen LogP contribution in [0.5, 0.6) is 0 Å². The minimum absolute atomic E-state index is 1.44. The molecule has 2 nitrogen and oxygen atoms in total. The lowest BCUT2D eigenvalue weighted by Crippen LogP contribution is -1.64. The highest BCUT2D eigenvalue weighted by Crippen LogP contribution is 1.67. The average molecular weight is 122 g/mol. The van der Waals surface area contributed by atoms with E-state index in [9.17, 15) is 0 Å². The summed E-state index contributed by atoms with van der Waals surface area (Å²) in [5, 5.41) is 0. The maximum absolute atomic E-state index is 3.78. The third-order valence-electron chi connectivity index (χ3n) is 0.603. The smallest absolute Gasteiger partial charge is 0.115 e. The summed E-state index contributed by atoms with van der Waals surface area (Å²) in [6.45, 7) is 5.32. The highest BCUT2D eigenvalue weighted by atomic mass is 14.8. The fraction of sp³-hybridized carbons (Fsp3) is 0.143. The van der Waals surface area contributed by atoms with Crippen LogP contribution in [0.4, 0.5) is 0 Å². The molecule has 0 saturated carbocycles. The van der Waals surface area contributed by atoms with E-state index in [1.807, 2.05) is 19.1 Å². The summed E-state index contributed by atoms with van der Waals surface area (Å²) >= 11 is 0. The van der Waals surface area contributed by atoms with Gasteiger partial charge in [0.25, 0.3) is 0 Å². The van der Waals surface area contributed by atoms with Crippen molar-refractivity contribution in [2.45, 2.75) is 6.92 Å². The van der Waals surface area contributed by atoms with Gasteiger partial charge in [-0.15, -0.1) is 0 Å². The van der Waals surface area contributed by atoms with Gasteiger partial charge in [-0.3, -0.25) is 0 Å². The molecule has 0 aliphatic heterocycles. The minimum Gasteiger partial charge on any atom is -0.246 e. The summed E-state index contributed by atoms with van der Waals surface area (Å²) in [5.74, 6) is 0. The number of hydrogen-bond donors (Lipinski definition) is 0. The van der Waals surface area contributed by atoms with Gasteiger partial charge in [0.1, 0.15) is 6.34 Å². The first-order valence-corrected chi connectivity index (χ1v) is 2.69. The zero-order chi connectivity index (χ0) is 6.95. The van der Waals surface area contributed by atoms with E-state index in [0.717, 1.165) is 0 Å². The molecule has 0 atom stereocenters. The highest BCUT2D eigenvalue weighted by Gasteiger charge is 1.57. The van der Waals surface area contributed by atoms with Crippen molar-refractivity contribution in [3.63, 3.8) is 0 Å². The molecule has 0 saturated heterocycles. The Kier molecular flexibility index (Phi) is 5.93. The van der Waals surface area contributed by atoms with Crippen LogP contribution in [0.25, 0.3) is 0 Å². The molecule has 0 aromatic rings. The van der Waals surface area contributed by atoms with Crippen molar-refractivity contribution in [3.05, 3.63) is 24.9 Å². The van der Waals surface area contributed by atoms with E-state index < -0.39 is 0 Å². The Morgan fingerprint density at radius 2 is 2.11 bits per heavy atom. The van der Waals surface area contributed by atoms with Crippen LogP contribution in [0.3, 0.4) is 0 Å². The molecule has 2 heteroatoms. The SMILES string of the molecule is C=CN=CN=C/C=C\C. The van der Waals surface area contributed by atoms with Crippen molar-refractivity contribution in [3.8, 4) is 0 Å². The molecular formula is C7H10N2. The lowest BCUT2D eigenvalue weighted by Gasteiger charge is -1.70. The fourth-order valence-corrected chi connectivity index (χ4v) is 0.260. The van der Waals surface area contributed by atoms with Crippen molar-refractivity contribution in [1.82, 2.24) is 0 Å². The molecule has 0 bridgehead atoms. The molecule has 0 aliphatic rings. The van der Waals surface area contributed by atoms with Crippen LogP contribution in [-0.4, -0.2) is 12.6 Å². The van der Waals surface area contributed by atoms with E-state index in [0.29, 0.717) is 0 Å². The van der Waals surface area contributed by atoms with Crippen LogP contribution < -0.4 is 0 Å². The number of hydrogen-bond acceptors (Lipinski definition) is 1. The summed E-state index contributed by atoms with van der Waals surface area (Å²) in [5.41, 5.74) is 0. The first-order chi connectivity index (χ1) is 4.41. The van der Waals surface area contributed by atoms with Gasteiger partial charge in [-0.25, -0.2) is 9.98 Å². The molecule has 0 N–H and O–H groups in total. The molecule has 0 fully saturated rings. The lowest BCUT2D eigenvalue weighted by atomic mass is 10.6. The van der Waals surface area contributed by atoms with Crippen LogP contribution >= 0.6 is 0 Å². The largest absolute Gasteiger partial charge is 0.246 e. The topological polar surface area (TPSA) is 24.7 Å². The zero-order valence-electron chi connectivity index (χ0n) is 5.49. The number of nitrogens with zero attached hydrogens (tertiary/aromatic N) is 2. The van der Waals surface area contributed by atoms with Crippen molar-refractivity contribution in [1.29, 1.82) is 0 Å². The van der Waals surface area contributed by atoms with Crippen molar-refractivity contribution < 1.29 is 0 Å². The molecule has 0 aromatic heterocycles. The van der Waals surface area contributed by atoms with Crippen LogP contribution in [0.15, 0.2) is 34.9 Å². The van der Waals surface area contributed by atoms with Crippen LogP contribution in [-0.2, 0) is 0 Å². The van der Waals surface area contributed by atoms with Gasteiger partial charge >= 0.3 is 0 Å². The van der Waals surface area contributed by atoms with Gasteiger partial charge in [0.05, 0.1) is 0 Å². The van der Waals surface area contributed by atoms with Gasteiger partial charge in [0.15, 0.2) is 0 Å². The molecular weight excluding hydrogens is 112 g/mol. The Hall–Kier alpha value is -1.18. The Bertz CT molecular complexity index is 143. The number of aliphatic imine (C=N–C) groups is 2. The normalized spacial score (nSPS) is 12.1. The van der Waals surface area contributed by atoms with Crippen LogP contribution in [0.2, 0.25) is 0 Å². The lowest BCUT2D eigenvalue weighted by molar-refractivity contribution is 1.58. The van der Waals surface area contributed by atoms with Crippen molar-refractivity contribution in [2.24, 2.45) is 9.98 Å². The fourth-order valence-electron chi connectivity index (χ4n) is 0.260. The molecule has 48 valence electrons.